The molecule has 1 atom stereocenters. The smallest absolute Gasteiger partial charge is 0.0691 e. The fraction of sp³-hybridized carbons (Fsp3) is 0.929. The van der Waals surface area contributed by atoms with Crippen LogP contribution in [-0.2, 0) is 4.74 Å². The first-order valence-corrected chi connectivity index (χ1v) is 6.73. The van der Waals surface area contributed by atoms with E-state index in [4.69, 9.17) is 10.00 Å². The van der Waals surface area contributed by atoms with Crippen LogP contribution in [0.5, 0.6) is 0 Å². The van der Waals surface area contributed by atoms with Gasteiger partial charge in [-0.15, -0.1) is 0 Å². The molecule has 0 N–H and O–H groups in total. The normalized spacial score (nSPS) is 46.6. The Morgan fingerprint density at radius 2 is 1.69 bits per heavy atom. The van der Waals surface area contributed by atoms with Crippen LogP contribution >= 0.6 is 0 Å². The molecule has 0 heterocycles. The van der Waals surface area contributed by atoms with E-state index in [0.717, 1.165) is 17.8 Å². The Morgan fingerprint density at radius 1 is 1.19 bits per heavy atom. The molecule has 1 unspecified atom stereocenters. The summed E-state index contributed by atoms with van der Waals surface area (Å²) in [4.78, 5) is 0. The Balaban J connectivity index is 1.67. The molecule has 4 saturated carbocycles. The van der Waals surface area contributed by atoms with Crippen molar-refractivity contribution < 1.29 is 4.74 Å². The van der Waals surface area contributed by atoms with Gasteiger partial charge in [0, 0.05) is 0 Å². The number of hydrogen-bond donors (Lipinski definition) is 0. The molecule has 0 aromatic carbocycles. The fourth-order valence-electron chi connectivity index (χ4n) is 4.55. The van der Waals surface area contributed by atoms with E-state index < -0.39 is 0 Å². The Kier molecular flexibility index (Phi) is 2.47. The number of nitrogens with zero attached hydrogens (tertiary/aromatic N) is 1. The van der Waals surface area contributed by atoms with Crippen LogP contribution < -0.4 is 0 Å². The first-order valence-electron chi connectivity index (χ1n) is 6.73. The van der Waals surface area contributed by atoms with Gasteiger partial charge in [0.1, 0.15) is 0 Å². The van der Waals surface area contributed by atoms with Gasteiger partial charge >= 0.3 is 0 Å². The largest absolute Gasteiger partial charge is 0.374 e. The average Bonchev–Trinajstić information content (AvgIpc) is 2.24. The second-order valence-electron chi connectivity index (χ2n) is 6.44. The standard InChI is InChI=1S/C14H21NO/c1-10(8-15)9-16-14-5-11-2-12(6-14)4-13(3-11)7-14/h10-13H,2-7,9H2,1H3. The molecule has 4 aliphatic rings. The van der Waals surface area contributed by atoms with Gasteiger partial charge in [-0.3, -0.25) is 0 Å². The van der Waals surface area contributed by atoms with Gasteiger partial charge < -0.3 is 4.74 Å². The lowest BCUT2D eigenvalue weighted by molar-refractivity contribution is -0.165. The van der Waals surface area contributed by atoms with Crippen LogP contribution in [0.25, 0.3) is 0 Å². The lowest BCUT2D eigenvalue weighted by Crippen LogP contribution is -2.52. The highest BCUT2D eigenvalue weighted by molar-refractivity contribution is 5.03. The zero-order valence-electron chi connectivity index (χ0n) is 10.1. The van der Waals surface area contributed by atoms with Crippen LogP contribution in [0.1, 0.15) is 45.4 Å². The minimum absolute atomic E-state index is 0.0491. The quantitative estimate of drug-likeness (QED) is 0.730. The maximum Gasteiger partial charge on any atom is 0.0691 e. The predicted octanol–water partition coefficient (Wildman–Crippen LogP) is 3.13. The highest BCUT2D eigenvalue weighted by atomic mass is 16.5. The molecule has 2 heteroatoms. The van der Waals surface area contributed by atoms with Crippen molar-refractivity contribution in [2.45, 2.75) is 51.0 Å². The number of hydrogen-bond acceptors (Lipinski definition) is 2. The number of rotatable bonds is 3. The van der Waals surface area contributed by atoms with Crippen molar-refractivity contribution in [3.63, 3.8) is 0 Å². The summed E-state index contributed by atoms with van der Waals surface area (Å²) in [5.41, 5.74) is 0.180. The highest BCUT2D eigenvalue weighted by Crippen LogP contribution is 2.57. The first-order chi connectivity index (χ1) is 7.69. The van der Waals surface area contributed by atoms with Crippen LogP contribution in [0.4, 0.5) is 0 Å². The third kappa shape index (κ3) is 1.76. The minimum atomic E-state index is 0.0491. The highest BCUT2D eigenvalue weighted by Gasteiger charge is 2.51. The van der Waals surface area contributed by atoms with Crippen LogP contribution in [0.3, 0.4) is 0 Å². The van der Waals surface area contributed by atoms with Crippen molar-refractivity contribution in [2.24, 2.45) is 23.7 Å². The van der Waals surface area contributed by atoms with Crippen molar-refractivity contribution in [3.8, 4) is 6.07 Å². The van der Waals surface area contributed by atoms with E-state index in [1.807, 2.05) is 6.92 Å². The van der Waals surface area contributed by atoms with Crippen molar-refractivity contribution in [1.29, 1.82) is 5.26 Å². The molecule has 0 aliphatic heterocycles. The summed E-state index contributed by atoms with van der Waals surface area (Å²) in [6, 6.07) is 2.27. The van der Waals surface area contributed by atoms with Gasteiger partial charge in [0.25, 0.3) is 0 Å². The maximum atomic E-state index is 8.82. The topological polar surface area (TPSA) is 33.0 Å². The van der Waals surface area contributed by atoms with Crippen molar-refractivity contribution in [3.05, 3.63) is 0 Å². The van der Waals surface area contributed by atoms with Gasteiger partial charge in [-0.2, -0.15) is 5.26 Å². The third-order valence-corrected chi connectivity index (χ3v) is 4.84. The summed E-state index contributed by atoms with van der Waals surface area (Å²) in [6.07, 6.45) is 8.19. The molecular formula is C14H21NO. The molecule has 2 nitrogen and oxygen atoms in total. The molecule has 0 aromatic rings. The second-order valence-corrected chi connectivity index (χ2v) is 6.44. The molecule has 4 bridgehead atoms. The van der Waals surface area contributed by atoms with Crippen molar-refractivity contribution in [2.75, 3.05) is 6.61 Å². The van der Waals surface area contributed by atoms with Gasteiger partial charge in [0.15, 0.2) is 0 Å². The van der Waals surface area contributed by atoms with Gasteiger partial charge in [0.05, 0.1) is 24.2 Å². The lowest BCUT2D eigenvalue weighted by atomic mass is 9.54. The Morgan fingerprint density at radius 3 is 2.12 bits per heavy atom. The van der Waals surface area contributed by atoms with E-state index in [1.54, 1.807) is 0 Å². The molecule has 4 fully saturated rings. The summed E-state index contributed by atoms with van der Waals surface area (Å²) in [7, 11) is 0. The Bertz CT molecular complexity index is 282. The van der Waals surface area contributed by atoms with Gasteiger partial charge in [-0.1, -0.05) is 0 Å². The summed E-state index contributed by atoms with van der Waals surface area (Å²) in [5.74, 6) is 2.85. The molecule has 0 spiro atoms. The number of ether oxygens (including phenoxy) is 1. The van der Waals surface area contributed by atoms with Crippen LogP contribution in [-0.4, -0.2) is 12.2 Å². The van der Waals surface area contributed by atoms with E-state index in [0.29, 0.717) is 6.61 Å². The molecule has 88 valence electrons. The van der Waals surface area contributed by atoms with E-state index in [1.165, 1.54) is 38.5 Å². The molecule has 4 rings (SSSR count). The molecule has 0 radical (unpaired) electrons. The Labute approximate surface area is 98.0 Å². The van der Waals surface area contributed by atoms with Crippen LogP contribution in [0, 0.1) is 35.0 Å². The Hall–Kier alpha value is -0.550. The van der Waals surface area contributed by atoms with Gasteiger partial charge in [0.2, 0.25) is 0 Å². The van der Waals surface area contributed by atoms with Gasteiger partial charge in [-0.25, -0.2) is 0 Å². The van der Waals surface area contributed by atoms with Crippen molar-refractivity contribution >= 4 is 0 Å². The summed E-state index contributed by atoms with van der Waals surface area (Å²) >= 11 is 0. The molecule has 0 saturated heterocycles. The fourth-order valence-corrected chi connectivity index (χ4v) is 4.55. The molecule has 4 aliphatic carbocycles. The van der Waals surface area contributed by atoms with E-state index in [9.17, 15) is 0 Å². The maximum absolute atomic E-state index is 8.82. The summed E-state index contributed by atoms with van der Waals surface area (Å²) in [6.45, 7) is 2.60. The van der Waals surface area contributed by atoms with Gasteiger partial charge in [-0.05, 0) is 63.2 Å². The third-order valence-electron chi connectivity index (χ3n) is 4.84. The summed E-state index contributed by atoms with van der Waals surface area (Å²) in [5, 5.41) is 8.82. The van der Waals surface area contributed by atoms with Crippen LogP contribution in [0.2, 0.25) is 0 Å². The zero-order valence-corrected chi connectivity index (χ0v) is 10.1. The molecule has 0 aromatic heterocycles. The zero-order chi connectivity index (χ0) is 11.2. The molecule has 0 amide bonds. The summed E-state index contributed by atoms with van der Waals surface area (Å²) < 4.78 is 6.17. The first kappa shape index (κ1) is 10.6. The monoisotopic (exact) mass is 219 g/mol. The molecular weight excluding hydrogens is 198 g/mol. The van der Waals surface area contributed by atoms with E-state index in [2.05, 4.69) is 6.07 Å². The van der Waals surface area contributed by atoms with E-state index in [-0.39, 0.29) is 11.5 Å². The average molecular weight is 219 g/mol. The predicted molar refractivity (Wildman–Crippen MR) is 61.6 cm³/mol. The second kappa shape index (κ2) is 3.74. The van der Waals surface area contributed by atoms with Crippen molar-refractivity contribution in [1.82, 2.24) is 0 Å². The SMILES string of the molecule is CC(C#N)COC12CC3CC(CC(C3)C1)C2. The minimum Gasteiger partial charge on any atom is -0.374 e. The molecule has 16 heavy (non-hydrogen) atoms. The van der Waals surface area contributed by atoms with Crippen LogP contribution in [0.15, 0.2) is 0 Å². The van der Waals surface area contributed by atoms with E-state index >= 15 is 0 Å². The number of nitriles is 1. The lowest BCUT2D eigenvalue weighted by Gasteiger charge is -2.56.